The van der Waals surface area contributed by atoms with E-state index in [1.54, 1.807) is 0 Å². The number of rotatable bonds is 7. The maximum Gasteiger partial charge on any atom is 0.213 e. The first-order valence-corrected chi connectivity index (χ1v) is 6.52. The molecule has 0 aliphatic heterocycles. The van der Waals surface area contributed by atoms with Crippen LogP contribution in [-0.2, 0) is 13.0 Å². The lowest BCUT2D eigenvalue weighted by atomic mass is 10.1. The van der Waals surface area contributed by atoms with Crippen molar-refractivity contribution in [2.45, 2.75) is 46.6 Å². The summed E-state index contributed by atoms with van der Waals surface area (Å²) < 4.78 is 5.74. The fourth-order valence-electron chi connectivity index (χ4n) is 1.80. The molecule has 3 heteroatoms. The van der Waals surface area contributed by atoms with Gasteiger partial charge < -0.3 is 10.5 Å². The highest BCUT2D eigenvalue weighted by Crippen LogP contribution is 2.15. The van der Waals surface area contributed by atoms with Crippen LogP contribution in [0.4, 0.5) is 0 Å². The van der Waals surface area contributed by atoms with Crippen molar-refractivity contribution in [3.05, 3.63) is 23.4 Å². The van der Waals surface area contributed by atoms with Gasteiger partial charge in [0.25, 0.3) is 0 Å². The fraction of sp³-hybridized carbons (Fsp3) is 0.643. The van der Waals surface area contributed by atoms with Crippen molar-refractivity contribution < 1.29 is 4.74 Å². The number of hydrogen-bond donors (Lipinski definition) is 1. The molecule has 1 rings (SSSR count). The Morgan fingerprint density at radius 1 is 1.35 bits per heavy atom. The molecule has 0 spiro atoms. The molecule has 0 saturated carbocycles. The van der Waals surface area contributed by atoms with Crippen LogP contribution in [-0.4, -0.2) is 11.6 Å². The molecule has 1 heterocycles. The molecule has 0 aliphatic carbocycles. The van der Waals surface area contributed by atoms with E-state index in [2.05, 4.69) is 25.8 Å². The smallest absolute Gasteiger partial charge is 0.213 e. The quantitative estimate of drug-likeness (QED) is 0.792. The average Bonchev–Trinajstić information content (AvgIpc) is 2.36. The second kappa shape index (κ2) is 7.28. The highest BCUT2D eigenvalue weighted by Gasteiger charge is 2.05. The maximum atomic E-state index is 5.74. The Bertz CT molecular complexity index is 317. The van der Waals surface area contributed by atoms with Crippen LogP contribution in [0.25, 0.3) is 0 Å². The monoisotopic (exact) mass is 236 g/mol. The minimum absolute atomic E-state index is 0.538. The van der Waals surface area contributed by atoms with Crippen LogP contribution in [0.2, 0.25) is 0 Å². The number of nitrogens with two attached hydrogens (primary N) is 1. The van der Waals surface area contributed by atoms with E-state index in [1.165, 1.54) is 12.8 Å². The SMILES string of the molecule is CCCC(C)COc1cc(CN)cc(CC)n1. The van der Waals surface area contributed by atoms with Gasteiger partial charge in [0, 0.05) is 18.3 Å². The largest absolute Gasteiger partial charge is 0.477 e. The van der Waals surface area contributed by atoms with Gasteiger partial charge in [-0.3, -0.25) is 0 Å². The van der Waals surface area contributed by atoms with E-state index < -0.39 is 0 Å². The molecule has 1 aromatic rings. The van der Waals surface area contributed by atoms with Gasteiger partial charge in [-0.15, -0.1) is 0 Å². The van der Waals surface area contributed by atoms with Gasteiger partial charge in [-0.1, -0.05) is 27.2 Å². The third-order valence-electron chi connectivity index (χ3n) is 2.81. The first-order chi connectivity index (χ1) is 8.19. The summed E-state index contributed by atoms with van der Waals surface area (Å²) >= 11 is 0. The number of aryl methyl sites for hydroxylation is 1. The van der Waals surface area contributed by atoms with Gasteiger partial charge in [-0.25, -0.2) is 4.98 Å². The Morgan fingerprint density at radius 3 is 2.71 bits per heavy atom. The standard InChI is InChI=1S/C14H24N2O/c1-4-6-11(3)10-17-14-8-12(9-15)7-13(5-2)16-14/h7-8,11H,4-6,9-10,15H2,1-3H3. The molecule has 3 nitrogen and oxygen atoms in total. The zero-order valence-corrected chi connectivity index (χ0v) is 11.2. The Hall–Kier alpha value is -1.09. The summed E-state index contributed by atoms with van der Waals surface area (Å²) in [4.78, 5) is 4.45. The number of aromatic nitrogens is 1. The molecule has 0 bridgehead atoms. The van der Waals surface area contributed by atoms with E-state index in [1.807, 2.05) is 12.1 Å². The lowest BCUT2D eigenvalue weighted by Gasteiger charge is -2.13. The molecule has 0 radical (unpaired) electrons. The van der Waals surface area contributed by atoms with Crippen LogP contribution in [0.15, 0.2) is 12.1 Å². The van der Waals surface area contributed by atoms with Crippen molar-refractivity contribution in [1.82, 2.24) is 4.98 Å². The Morgan fingerprint density at radius 2 is 2.12 bits per heavy atom. The predicted octanol–water partition coefficient (Wildman–Crippen LogP) is 2.92. The van der Waals surface area contributed by atoms with E-state index in [0.29, 0.717) is 18.3 Å². The molecule has 0 amide bonds. The van der Waals surface area contributed by atoms with Gasteiger partial charge in [-0.05, 0) is 30.4 Å². The van der Waals surface area contributed by atoms with Crippen LogP contribution in [0.5, 0.6) is 5.88 Å². The summed E-state index contributed by atoms with van der Waals surface area (Å²) in [5, 5.41) is 0. The van der Waals surface area contributed by atoms with Gasteiger partial charge in [0.15, 0.2) is 0 Å². The van der Waals surface area contributed by atoms with Gasteiger partial charge in [0.05, 0.1) is 6.61 Å². The summed E-state index contributed by atoms with van der Waals surface area (Å²) in [7, 11) is 0. The molecule has 96 valence electrons. The molecule has 0 fully saturated rings. The van der Waals surface area contributed by atoms with Crippen molar-refractivity contribution in [2.75, 3.05) is 6.61 Å². The third kappa shape index (κ3) is 4.73. The topological polar surface area (TPSA) is 48.1 Å². The van der Waals surface area contributed by atoms with E-state index in [0.717, 1.165) is 24.3 Å². The molecule has 1 unspecified atom stereocenters. The second-order valence-corrected chi connectivity index (χ2v) is 4.57. The van der Waals surface area contributed by atoms with Crippen LogP contribution >= 0.6 is 0 Å². The lowest BCUT2D eigenvalue weighted by Crippen LogP contribution is -2.10. The first-order valence-electron chi connectivity index (χ1n) is 6.52. The van der Waals surface area contributed by atoms with E-state index >= 15 is 0 Å². The fourth-order valence-corrected chi connectivity index (χ4v) is 1.80. The molecule has 17 heavy (non-hydrogen) atoms. The Balaban J connectivity index is 2.63. The van der Waals surface area contributed by atoms with Crippen LogP contribution in [0.1, 0.15) is 44.9 Å². The predicted molar refractivity (Wildman–Crippen MR) is 71.1 cm³/mol. The summed E-state index contributed by atoms with van der Waals surface area (Å²) in [5.74, 6) is 1.29. The summed E-state index contributed by atoms with van der Waals surface area (Å²) in [5.41, 5.74) is 7.80. The van der Waals surface area contributed by atoms with Crippen molar-refractivity contribution in [1.29, 1.82) is 0 Å². The van der Waals surface area contributed by atoms with Crippen molar-refractivity contribution in [3.8, 4) is 5.88 Å². The molecular formula is C14H24N2O. The zero-order chi connectivity index (χ0) is 12.7. The van der Waals surface area contributed by atoms with Crippen LogP contribution in [0, 0.1) is 5.92 Å². The zero-order valence-electron chi connectivity index (χ0n) is 11.2. The van der Waals surface area contributed by atoms with E-state index in [-0.39, 0.29) is 0 Å². The lowest BCUT2D eigenvalue weighted by molar-refractivity contribution is 0.242. The van der Waals surface area contributed by atoms with Crippen molar-refractivity contribution in [2.24, 2.45) is 11.7 Å². The molecule has 2 N–H and O–H groups in total. The van der Waals surface area contributed by atoms with E-state index in [4.69, 9.17) is 10.5 Å². The minimum atomic E-state index is 0.538. The molecule has 1 aromatic heterocycles. The minimum Gasteiger partial charge on any atom is -0.477 e. The number of nitrogens with zero attached hydrogens (tertiary/aromatic N) is 1. The van der Waals surface area contributed by atoms with Crippen molar-refractivity contribution in [3.63, 3.8) is 0 Å². The maximum absolute atomic E-state index is 5.74. The second-order valence-electron chi connectivity index (χ2n) is 4.57. The molecule has 0 aliphatic rings. The number of pyridine rings is 1. The molecule has 0 saturated heterocycles. The Kier molecular flexibility index (Phi) is 5.98. The molecule has 0 aromatic carbocycles. The van der Waals surface area contributed by atoms with E-state index in [9.17, 15) is 0 Å². The highest BCUT2D eigenvalue weighted by molar-refractivity contribution is 5.25. The van der Waals surface area contributed by atoms with Crippen LogP contribution < -0.4 is 10.5 Å². The average molecular weight is 236 g/mol. The summed E-state index contributed by atoms with van der Waals surface area (Å²) in [6.07, 6.45) is 3.30. The van der Waals surface area contributed by atoms with Gasteiger partial charge in [0.2, 0.25) is 5.88 Å². The molecular weight excluding hydrogens is 212 g/mol. The van der Waals surface area contributed by atoms with Gasteiger partial charge in [-0.2, -0.15) is 0 Å². The summed E-state index contributed by atoms with van der Waals surface area (Å²) in [6, 6.07) is 3.99. The van der Waals surface area contributed by atoms with Crippen LogP contribution in [0.3, 0.4) is 0 Å². The number of ether oxygens (including phenoxy) is 1. The highest BCUT2D eigenvalue weighted by atomic mass is 16.5. The first kappa shape index (κ1) is 14.0. The number of hydrogen-bond acceptors (Lipinski definition) is 3. The van der Waals surface area contributed by atoms with Crippen molar-refractivity contribution >= 4 is 0 Å². The third-order valence-corrected chi connectivity index (χ3v) is 2.81. The normalized spacial score (nSPS) is 12.5. The molecule has 1 atom stereocenters. The Labute approximate surface area is 104 Å². The van der Waals surface area contributed by atoms with Gasteiger partial charge in [0.1, 0.15) is 0 Å². The summed E-state index contributed by atoms with van der Waals surface area (Å²) in [6.45, 7) is 7.76. The van der Waals surface area contributed by atoms with Gasteiger partial charge >= 0.3 is 0 Å².